The summed E-state index contributed by atoms with van der Waals surface area (Å²) in [5.74, 6) is -2.73. The van der Waals surface area contributed by atoms with Crippen molar-refractivity contribution in [2.45, 2.75) is 74.4 Å². The highest BCUT2D eigenvalue weighted by atomic mass is 16.7. The molecule has 2 fully saturated rings. The standard InChI is InChI=1S/C29H36O16/c1-12-22(36)23(37)25(39)28(43-12)42-11-20-27(45-21(35)7-3-13-2-5-15(30)17(32)8-13)24(38)26(40)29(44-20)41-10-19(34)14-4-6-16(31)18(33)9-14/h2-9,12,19-20,22-34,36-40H,10-11H2,1H3/t12-,19-,20+,22+,23-,24-,25-,26-,27-,28-,29-/m1/s1. The Labute approximate surface area is 256 Å². The lowest BCUT2D eigenvalue weighted by atomic mass is 9.98. The number of rotatable bonds is 10. The summed E-state index contributed by atoms with van der Waals surface area (Å²) in [6, 6.07) is 7.33. The number of hydrogen-bond donors (Lipinski definition) is 10. The summed E-state index contributed by atoms with van der Waals surface area (Å²) in [5, 5.41) is 101. The van der Waals surface area contributed by atoms with E-state index in [4.69, 9.17) is 23.7 Å². The van der Waals surface area contributed by atoms with Gasteiger partial charge in [0.2, 0.25) is 0 Å². The number of phenolic OH excluding ortho intramolecular Hbond substituents is 4. The molecular formula is C29H36O16. The quantitative estimate of drug-likeness (QED) is 0.0802. The number of carbonyl (C=O) groups is 1. The average molecular weight is 641 g/mol. The van der Waals surface area contributed by atoms with Gasteiger partial charge in [0.25, 0.3) is 0 Å². The third-order valence-corrected chi connectivity index (χ3v) is 7.34. The van der Waals surface area contributed by atoms with Gasteiger partial charge in [0, 0.05) is 6.08 Å². The monoisotopic (exact) mass is 640 g/mol. The highest BCUT2D eigenvalue weighted by Crippen LogP contribution is 2.31. The lowest BCUT2D eigenvalue weighted by Crippen LogP contribution is -2.62. The van der Waals surface area contributed by atoms with Crippen molar-refractivity contribution in [2.24, 2.45) is 0 Å². The molecule has 0 amide bonds. The molecule has 16 nitrogen and oxygen atoms in total. The molecule has 0 saturated carbocycles. The number of carbonyl (C=O) groups excluding carboxylic acids is 1. The van der Waals surface area contributed by atoms with Gasteiger partial charge in [-0.15, -0.1) is 0 Å². The first-order chi connectivity index (χ1) is 21.3. The van der Waals surface area contributed by atoms with Crippen molar-refractivity contribution in [3.8, 4) is 23.0 Å². The first kappa shape index (κ1) is 34.3. The molecule has 0 aliphatic carbocycles. The van der Waals surface area contributed by atoms with Gasteiger partial charge in [0.15, 0.2) is 41.7 Å². The molecule has 0 aromatic heterocycles. The molecule has 45 heavy (non-hydrogen) atoms. The molecule has 4 rings (SSSR count). The molecule has 2 aromatic rings. The molecule has 2 aliphatic rings. The molecule has 0 unspecified atom stereocenters. The van der Waals surface area contributed by atoms with Gasteiger partial charge in [-0.25, -0.2) is 4.79 Å². The maximum atomic E-state index is 12.7. The van der Waals surface area contributed by atoms with Gasteiger partial charge in [-0.3, -0.25) is 0 Å². The summed E-state index contributed by atoms with van der Waals surface area (Å²) in [4.78, 5) is 12.7. The Morgan fingerprint density at radius 1 is 0.800 bits per heavy atom. The van der Waals surface area contributed by atoms with Crippen molar-refractivity contribution >= 4 is 12.0 Å². The van der Waals surface area contributed by atoms with Crippen molar-refractivity contribution in [3.63, 3.8) is 0 Å². The molecule has 11 atom stereocenters. The second-order valence-corrected chi connectivity index (χ2v) is 10.6. The first-order valence-electron chi connectivity index (χ1n) is 13.8. The van der Waals surface area contributed by atoms with E-state index in [0.717, 1.165) is 18.2 Å². The van der Waals surface area contributed by atoms with Gasteiger partial charge < -0.3 is 74.7 Å². The first-order valence-corrected chi connectivity index (χ1v) is 13.8. The number of aliphatic hydroxyl groups is 6. The van der Waals surface area contributed by atoms with Crippen LogP contribution in [-0.4, -0.2) is 132 Å². The number of aromatic hydroxyl groups is 4. The lowest BCUT2D eigenvalue weighted by Gasteiger charge is -2.43. The highest BCUT2D eigenvalue weighted by molar-refractivity contribution is 5.87. The Kier molecular flexibility index (Phi) is 11.2. The van der Waals surface area contributed by atoms with E-state index in [2.05, 4.69) is 0 Å². The molecule has 2 aliphatic heterocycles. The van der Waals surface area contributed by atoms with Crippen molar-refractivity contribution in [1.29, 1.82) is 0 Å². The van der Waals surface area contributed by atoms with Crippen LogP contribution in [0.2, 0.25) is 0 Å². The number of phenols is 4. The van der Waals surface area contributed by atoms with Gasteiger partial charge in [-0.2, -0.15) is 0 Å². The normalized spacial score (nSPS) is 32.8. The molecule has 16 heteroatoms. The fourth-order valence-corrected chi connectivity index (χ4v) is 4.68. The van der Waals surface area contributed by atoms with E-state index in [-0.39, 0.29) is 11.3 Å². The minimum atomic E-state index is -1.84. The maximum Gasteiger partial charge on any atom is 0.331 e. The molecule has 2 heterocycles. The van der Waals surface area contributed by atoms with E-state index >= 15 is 0 Å². The van der Waals surface area contributed by atoms with Gasteiger partial charge >= 0.3 is 5.97 Å². The van der Waals surface area contributed by atoms with E-state index < -0.39 is 104 Å². The Bertz CT molecular complexity index is 1340. The molecular weight excluding hydrogens is 604 g/mol. The van der Waals surface area contributed by atoms with E-state index in [0.29, 0.717) is 5.56 Å². The predicted molar refractivity (Wildman–Crippen MR) is 148 cm³/mol. The summed E-state index contributed by atoms with van der Waals surface area (Å²) in [7, 11) is 0. The van der Waals surface area contributed by atoms with Crippen LogP contribution in [0.5, 0.6) is 23.0 Å². The van der Waals surface area contributed by atoms with Gasteiger partial charge in [0.1, 0.15) is 42.7 Å². The van der Waals surface area contributed by atoms with Crippen molar-refractivity contribution < 1.29 is 79.5 Å². The van der Waals surface area contributed by atoms with Crippen LogP contribution in [0.15, 0.2) is 42.5 Å². The zero-order valence-electron chi connectivity index (χ0n) is 23.8. The largest absolute Gasteiger partial charge is 0.504 e. The van der Waals surface area contributed by atoms with Crippen LogP contribution in [-0.2, 0) is 28.5 Å². The van der Waals surface area contributed by atoms with Crippen LogP contribution in [0.25, 0.3) is 6.08 Å². The SMILES string of the molecule is C[C@H]1O[C@@H](OC[C@@H]2O[C@@H](OC[C@@H](O)c3ccc(O)c(O)c3)[C@H](O)[C@@H](O)[C@@H]2OC(=O)C=Cc2ccc(O)c(O)c2)[C@H](O)[C@H](O)[C@H]1O. The smallest absolute Gasteiger partial charge is 0.331 e. The van der Waals surface area contributed by atoms with Gasteiger partial charge in [-0.05, 0) is 48.4 Å². The third-order valence-electron chi connectivity index (χ3n) is 7.34. The van der Waals surface area contributed by atoms with E-state index in [1.54, 1.807) is 0 Å². The zero-order chi connectivity index (χ0) is 33.0. The lowest BCUT2D eigenvalue weighted by molar-refractivity contribution is -0.330. The molecule has 0 spiro atoms. The Morgan fingerprint density at radius 2 is 1.42 bits per heavy atom. The highest BCUT2D eigenvalue weighted by Gasteiger charge is 2.49. The summed E-state index contributed by atoms with van der Waals surface area (Å²) in [6.45, 7) is 0.342. The fraction of sp³-hybridized carbons (Fsp3) is 0.483. The number of esters is 1. The number of benzene rings is 2. The third kappa shape index (κ3) is 8.19. The summed E-state index contributed by atoms with van der Waals surface area (Å²) >= 11 is 0. The second kappa shape index (κ2) is 14.7. The molecule has 0 radical (unpaired) electrons. The topological polar surface area (TPSA) is 266 Å². The molecule has 248 valence electrons. The maximum absolute atomic E-state index is 12.7. The molecule has 10 N–H and O–H groups in total. The summed E-state index contributed by atoms with van der Waals surface area (Å²) in [6.07, 6.45) is -14.6. The predicted octanol–water partition coefficient (Wildman–Crippen LogP) is -1.53. The zero-order valence-corrected chi connectivity index (χ0v) is 23.8. The minimum Gasteiger partial charge on any atom is -0.504 e. The van der Waals surface area contributed by atoms with Crippen LogP contribution in [0.3, 0.4) is 0 Å². The van der Waals surface area contributed by atoms with Crippen LogP contribution in [0.4, 0.5) is 0 Å². The fourth-order valence-electron chi connectivity index (χ4n) is 4.68. The Balaban J connectivity index is 1.48. The summed E-state index contributed by atoms with van der Waals surface area (Å²) in [5.41, 5.74) is 0.463. The van der Waals surface area contributed by atoms with Crippen LogP contribution in [0.1, 0.15) is 24.2 Å². The van der Waals surface area contributed by atoms with Crippen molar-refractivity contribution in [3.05, 3.63) is 53.6 Å². The molecule has 0 bridgehead atoms. The van der Waals surface area contributed by atoms with Gasteiger partial charge in [0.05, 0.1) is 19.3 Å². The van der Waals surface area contributed by atoms with Crippen LogP contribution < -0.4 is 0 Å². The van der Waals surface area contributed by atoms with Crippen LogP contribution in [0, 0.1) is 0 Å². The van der Waals surface area contributed by atoms with E-state index in [9.17, 15) is 55.9 Å². The molecule has 2 saturated heterocycles. The summed E-state index contributed by atoms with van der Waals surface area (Å²) < 4.78 is 27.5. The Morgan fingerprint density at radius 3 is 2.09 bits per heavy atom. The second-order valence-electron chi connectivity index (χ2n) is 10.6. The van der Waals surface area contributed by atoms with E-state index in [1.165, 1.54) is 37.3 Å². The minimum absolute atomic E-state index is 0.148. The average Bonchev–Trinajstić information content (AvgIpc) is 3.01. The molecule has 2 aromatic carbocycles. The number of hydrogen-bond acceptors (Lipinski definition) is 16. The van der Waals surface area contributed by atoms with E-state index in [1.807, 2.05) is 0 Å². The van der Waals surface area contributed by atoms with Crippen molar-refractivity contribution in [1.82, 2.24) is 0 Å². The van der Waals surface area contributed by atoms with Gasteiger partial charge in [-0.1, -0.05) is 12.1 Å². The number of aliphatic hydroxyl groups excluding tert-OH is 6. The van der Waals surface area contributed by atoms with Crippen LogP contribution >= 0.6 is 0 Å². The van der Waals surface area contributed by atoms with Crippen molar-refractivity contribution in [2.75, 3.05) is 13.2 Å². The number of ether oxygens (including phenoxy) is 5. The Hall–Kier alpha value is -3.55.